The zero-order chi connectivity index (χ0) is 18.4. The summed E-state index contributed by atoms with van der Waals surface area (Å²) in [5.74, 6) is -1.17. The van der Waals surface area contributed by atoms with Crippen molar-refractivity contribution in [2.45, 2.75) is 39.7 Å². The van der Waals surface area contributed by atoms with Crippen LogP contribution in [0.15, 0.2) is 54.6 Å². The third-order valence-electron chi connectivity index (χ3n) is 3.57. The number of carbonyl (C=O) groups is 2. The van der Waals surface area contributed by atoms with Gasteiger partial charge in [0.15, 0.2) is 0 Å². The normalized spacial score (nSPS) is 11.0. The molecule has 2 rings (SSSR count). The van der Waals surface area contributed by atoms with Crippen molar-refractivity contribution in [1.82, 2.24) is 5.23 Å². The third-order valence-corrected chi connectivity index (χ3v) is 3.57. The van der Waals surface area contributed by atoms with Crippen LogP contribution in [-0.4, -0.2) is 17.1 Å². The topological polar surface area (TPSA) is 55.8 Å². The van der Waals surface area contributed by atoms with Gasteiger partial charge in [-0.2, -0.15) is 0 Å². The van der Waals surface area contributed by atoms with Gasteiger partial charge < -0.3 is 4.84 Å². The molecule has 1 amide bonds. The van der Waals surface area contributed by atoms with Crippen molar-refractivity contribution in [1.29, 1.82) is 0 Å². The van der Waals surface area contributed by atoms with Crippen LogP contribution in [0.4, 0.5) is 0 Å². The Kier molecular flexibility index (Phi) is 5.93. The van der Waals surface area contributed by atoms with Crippen LogP contribution in [0.25, 0.3) is 0 Å². The van der Waals surface area contributed by atoms with Gasteiger partial charge in [-0.15, -0.1) is 0 Å². The maximum atomic E-state index is 12.6. The average molecular weight is 341 g/mol. The number of carbonyl (C=O) groups excluding carboxylic acids is 2. The third kappa shape index (κ3) is 5.43. The number of hydrogen-bond donors (Lipinski definition) is 0. The van der Waals surface area contributed by atoms with Crippen molar-refractivity contribution < 1.29 is 19.3 Å². The van der Waals surface area contributed by atoms with Gasteiger partial charge in [0.2, 0.25) is 0 Å². The molecule has 0 atom stereocenters. The van der Waals surface area contributed by atoms with E-state index in [1.54, 1.807) is 12.1 Å². The second kappa shape index (κ2) is 7.94. The Balaban J connectivity index is 2.13. The molecule has 0 spiro atoms. The fourth-order valence-electron chi connectivity index (χ4n) is 2.17. The fraction of sp³-hybridized carbons (Fsp3) is 0.300. The van der Waals surface area contributed by atoms with Crippen LogP contribution in [0.2, 0.25) is 0 Å². The van der Waals surface area contributed by atoms with Gasteiger partial charge in [-0.1, -0.05) is 63.2 Å². The molecule has 2 aromatic rings. The van der Waals surface area contributed by atoms with Crippen LogP contribution >= 0.6 is 0 Å². The molecule has 0 aliphatic carbocycles. The van der Waals surface area contributed by atoms with Crippen molar-refractivity contribution >= 4 is 11.9 Å². The van der Waals surface area contributed by atoms with Crippen LogP contribution in [0, 0.1) is 0 Å². The molecule has 5 nitrogen and oxygen atoms in total. The first-order chi connectivity index (χ1) is 11.8. The van der Waals surface area contributed by atoms with Crippen LogP contribution < -0.4 is 0 Å². The lowest BCUT2D eigenvalue weighted by molar-refractivity contribution is -0.312. The summed E-state index contributed by atoms with van der Waals surface area (Å²) >= 11 is 0. The minimum atomic E-state index is -0.632. The first-order valence-corrected chi connectivity index (χ1v) is 8.08. The first kappa shape index (κ1) is 18.7. The summed E-state index contributed by atoms with van der Waals surface area (Å²) in [4.78, 5) is 34.2. The largest absolute Gasteiger partial charge is 0.332 e. The molecule has 5 heteroatoms. The predicted octanol–water partition coefficient (Wildman–Crippen LogP) is 4.04. The maximum Gasteiger partial charge on any atom is 0.332 e. The Bertz CT molecular complexity index is 718. The number of hydrogen-bond acceptors (Lipinski definition) is 4. The van der Waals surface area contributed by atoms with Gasteiger partial charge in [0.25, 0.3) is 0 Å². The minimum Gasteiger partial charge on any atom is -0.312 e. The summed E-state index contributed by atoms with van der Waals surface area (Å²) in [6.07, 6.45) is 0. The van der Waals surface area contributed by atoms with E-state index in [9.17, 15) is 9.59 Å². The number of rotatable bonds is 4. The van der Waals surface area contributed by atoms with Crippen LogP contribution in [-0.2, 0) is 26.5 Å². The molecular formula is C20H23NO4. The Hall–Kier alpha value is -2.66. The molecule has 0 saturated carbocycles. The standard InChI is InChI=1S/C20H23NO4/c1-15(22)25-21(24-14-16-8-6-5-7-9-16)19(23)17-10-12-18(13-11-17)20(2,3)4/h5-13H,14H2,1-4H3. The van der Waals surface area contributed by atoms with Gasteiger partial charge in [-0.05, 0) is 33.9 Å². The van der Waals surface area contributed by atoms with E-state index in [1.165, 1.54) is 6.92 Å². The number of hydroxylamine groups is 2. The van der Waals surface area contributed by atoms with Crippen LogP contribution in [0.3, 0.4) is 0 Å². The highest BCUT2D eigenvalue weighted by Gasteiger charge is 2.22. The molecule has 0 heterocycles. The number of amides is 1. The molecule has 0 aromatic heterocycles. The quantitative estimate of drug-likeness (QED) is 0.788. The molecule has 0 bridgehead atoms. The monoisotopic (exact) mass is 341 g/mol. The lowest BCUT2D eigenvalue weighted by Gasteiger charge is -2.21. The fourth-order valence-corrected chi connectivity index (χ4v) is 2.17. The molecule has 0 fully saturated rings. The van der Waals surface area contributed by atoms with Crippen molar-refractivity contribution in [3.8, 4) is 0 Å². The summed E-state index contributed by atoms with van der Waals surface area (Å²) in [6.45, 7) is 7.61. The van der Waals surface area contributed by atoms with Gasteiger partial charge in [0.1, 0.15) is 6.61 Å². The van der Waals surface area contributed by atoms with E-state index < -0.39 is 11.9 Å². The number of benzene rings is 2. The summed E-state index contributed by atoms with van der Waals surface area (Å²) in [7, 11) is 0. The smallest absolute Gasteiger partial charge is 0.312 e. The molecule has 0 aliphatic rings. The van der Waals surface area contributed by atoms with Gasteiger partial charge >= 0.3 is 11.9 Å². The zero-order valence-corrected chi connectivity index (χ0v) is 15.0. The van der Waals surface area contributed by atoms with E-state index in [4.69, 9.17) is 9.68 Å². The van der Waals surface area contributed by atoms with Gasteiger partial charge in [-0.25, -0.2) is 9.63 Å². The molecule has 132 valence electrons. The van der Waals surface area contributed by atoms with Crippen molar-refractivity contribution in [3.63, 3.8) is 0 Å². The van der Waals surface area contributed by atoms with Gasteiger partial charge in [0, 0.05) is 12.5 Å². The van der Waals surface area contributed by atoms with Crippen molar-refractivity contribution in [3.05, 3.63) is 71.3 Å². The molecule has 0 saturated heterocycles. The summed E-state index contributed by atoms with van der Waals surface area (Å²) in [5, 5.41) is 0.640. The van der Waals surface area contributed by atoms with Crippen LogP contribution in [0.5, 0.6) is 0 Å². The lowest BCUT2D eigenvalue weighted by atomic mass is 9.87. The summed E-state index contributed by atoms with van der Waals surface area (Å²) in [5.41, 5.74) is 2.33. The van der Waals surface area contributed by atoms with Gasteiger partial charge in [-0.3, -0.25) is 4.79 Å². The van der Waals surface area contributed by atoms with Gasteiger partial charge in [0.05, 0.1) is 0 Å². The molecule has 0 radical (unpaired) electrons. The number of nitrogens with zero attached hydrogens (tertiary/aromatic N) is 1. The Morgan fingerprint density at radius 1 is 0.960 bits per heavy atom. The highest BCUT2D eigenvalue weighted by molar-refractivity contribution is 5.93. The molecule has 0 unspecified atom stereocenters. The minimum absolute atomic E-state index is 0.0129. The molecule has 2 aromatic carbocycles. The molecule has 0 aliphatic heterocycles. The summed E-state index contributed by atoms with van der Waals surface area (Å²) in [6, 6.07) is 16.5. The van der Waals surface area contributed by atoms with E-state index in [-0.39, 0.29) is 12.0 Å². The van der Waals surface area contributed by atoms with E-state index in [1.807, 2.05) is 42.5 Å². The Morgan fingerprint density at radius 2 is 1.56 bits per heavy atom. The van der Waals surface area contributed by atoms with E-state index in [0.717, 1.165) is 11.1 Å². The van der Waals surface area contributed by atoms with Crippen LogP contribution in [0.1, 0.15) is 49.2 Å². The molecular weight excluding hydrogens is 318 g/mol. The van der Waals surface area contributed by atoms with Crippen molar-refractivity contribution in [2.24, 2.45) is 0 Å². The Morgan fingerprint density at radius 3 is 2.08 bits per heavy atom. The second-order valence-electron chi connectivity index (χ2n) is 6.73. The maximum absolute atomic E-state index is 12.6. The van der Waals surface area contributed by atoms with E-state index in [0.29, 0.717) is 10.8 Å². The van der Waals surface area contributed by atoms with Crippen molar-refractivity contribution in [2.75, 3.05) is 0 Å². The molecule has 25 heavy (non-hydrogen) atoms. The SMILES string of the molecule is CC(=O)ON(OCc1ccccc1)C(=O)c1ccc(C(C)(C)C)cc1. The molecule has 0 N–H and O–H groups in total. The van der Waals surface area contributed by atoms with E-state index >= 15 is 0 Å². The van der Waals surface area contributed by atoms with E-state index in [2.05, 4.69) is 20.8 Å². The summed E-state index contributed by atoms with van der Waals surface area (Å²) < 4.78 is 0. The zero-order valence-electron chi connectivity index (χ0n) is 15.0. The lowest BCUT2D eigenvalue weighted by Crippen LogP contribution is -2.33. The first-order valence-electron chi connectivity index (χ1n) is 8.08. The Labute approximate surface area is 148 Å². The average Bonchev–Trinajstić information content (AvgIpc) is 2.58. The second-order valence-corrected chi connectivity index (χ2v) is 6.73. The highest BCUT2D eigenvalue weighted by Crippen LogP contribution is 2.22. The highest BCUT2D eigenvalue weighted by atomic mass is 17.0. The predicted molar refractivity (Wildman–Crippen MR) is 94.3 cm³/mol.